The minimum atomic E-state index is -1.09. The first-order valence-corrected chi connectivity index (χ1v) is 6.19. The van der Waals surface area contributed by atoms with Gasteiger partial charge in [-0.25, -0.2) is 4.79 Å². The van der Waals surface area contributed by atoms with Crippen LogP contribution in [0.5, 0.6) is 0 Å². The van der Waals surface area contributed by atoms with Crippen LogP contribution in [0, 0.1) is 0 Å². The van der Waals surface area contributed by atoms with E-state index in [1.54, 1.807) is 0 Å². The summed E-state index contributed by atoms with van der Waals surface area (Å²) in [5, 5.41) is 11.3. The van der Waals surface area contributed by atoms with Crippen molar-refractivity contribution < 1.29 is 14.7 Å². The summed E-state index contributed by atoms with van der Waals surface area (Å²) in [4.78, 5) is 21.9. The fourth-order valence-electron chi connectivity index (χ4n) is 1.54. The van der Waals surface area contributed by atoms with Crippen LogP contribution >= 0.6 is 0 Å². The normalized spacial score (nSPS) is 13.2. The van der Waals surface area contributed by atoms with Crippen LogP contribution in [0.1, 0.15) is 52.9 Å². The predicted molar refractivity (Wildman–Crippen MR) is 67.8 cm³/mol. The monoisotopic (exact) mass is 241 g/mol. The van der Waals surface area contributed by atoms with Gasteiger partial charge in [-0.15, -0.1) is 0 Å². The van der Waals surface area contributed by atoms with Gasteiger partial charge in [0, 0.05) is 17.7 Å². The molecule has 0 aromatic heterocycles. The molecule has 0 aliphatic heterocycles. The standard InChI is InChI=1S/C13H23NO3/c1-4-5-6-7-8-11(3)14-13(17)10(2)9-12(15)16/h9,11H,4-8H2,1-3H3,(H,14,17)(H,15,16)/b10-9-. The maximum absolute atomic E-state index is 11.5. The first kappa shape index (κ1) is 15.7. The zero-order valence-electron chi connectivity index (χ0n) is 11.0. The third-order valence-electron chi connectivity index (χ3n) is 2.57. The van der Waals surface area contributed by atoms with Crippen LogP contribution in [0.2, 0.25) is 0 Å². The molecule has 98 valence electrons. The van der Waals surface area contributed by atoms with Crippen molar-refractivity contribution in [3.8, 4) is 0 Å². The number of carboxylic acid groups (broad SMARTS) is 1. The minimum absolute atomic E-state index is 0.0940. The van der Waals surface area contributed by atoms with Gasteiger partial charge in [0.2, 0.25) is 5.91 Å². The number of rotatable bonds is 8. The predicted octanol–water partition coefficient (Wildman–Crippen LogP) is 2.49. The highest BCUT2D eigenvalue weighted by molar-refractivity contribution is 5.98. The van der Waals surface area contributed by atoms with E-state index in [9.17, 15) is 9.59 Å². The molecule has 1 amide bonds. The van der Waals surface area contributed by atoms with Crippen molar-refractivity contribution in [2.24, 2.45) is 0 Å². The average molecular weight is 241 g/mol. The van der Waals surface area contributed by atoms with E-state index < -0.39 is 5.97 Å². The number of carbonyl (C=O) groups is 2. The van der Waals surface area contributed by atoms with Crippen molar-refractivity contribution in [2.45, 2.75) is 58.9 Å². The summed E-state index contributed by atoms with van der Waals surface area (Å²) < 4.78 is 0. The number of carboxylic acids is 1. The molecule has 0 saturated heterocycles. The van der Waals surface area contributed by atoms with Crippen molar-refractivity contribution in [3.05, 3.63) is 11.6 Å². The Bertz CT molecular complexity index is 284. The van der Waals surface area contributed by atoms with Gasteiger partial charge in [-0.2, -0.15) is 0 Å². The van der Waals surface area contributed by atoms with E-state index in [4.69, 9.17) is 5.11 Å². The lowest BCUT2D eigenvalue weighted by Crippen LogP contribution is -2.33. The first-order valence-electron chi connectivity index (χ1n) is 6.19. The van der Waals surface area contributed by atoms with E-state index in [0.717, 1.165) is 18.9 Å². The number of nitrogens with one attached hydrogen (secondary N) is 1. The van der Waals surface area contributed by atoms with E-state index in [1.807, 2.05) is 6.92 Å². The molecule has 0 aromatic carbocycles. The summed E-state index contributed by atoms with van der Waals surface area (Å²) in [5.74, 6) is -1.39. The van der Waals surface area contributed by atoms with Gasteiger partial charge in [0.1, 0.15) is 0 Å². The highest BCUT2D eigenvalue weighted by Crippen LogP contribution is 2.05. The lowest BCUT2D eigenvalue weighted by atomic mass is 10.1. The lowest BCUT2D eigenvalue weighted by molar-refractivity contribution is -0.132. The Hall–Kier alpha value is -1.32. The summed E-state index contributed by atoms with van der Waals surface area (Å²) in [6.07, 6.45) is 6.56. The van der Waals surface area contributed by atoms with Gasteiger partial charge in [0.15, 0.2) is 0 Å². The molecule has 1 atom stereocenters. The van der Waals surface area contributed by atoms with Crippen molar-refractivity contribution in [3.63, 3.8) is 0 Å². The second kappa shape index (κ2) is 8.79. The van der Waals surface area contributed by atoms with E-state index in [1.165, 1.54) is 26.2 Å². The van der Waals surface area contributed by atoms with Crippen LogP contribution in [0.3, 0.4) is 0 Å². The second-order valence-electron chi connectivity index (χ2n) is 4.39. The molecule has 0 spiro atoms. The number of aliphatic carboxylic acids is 1. The molecule has 0 fully saturated rings. The van der Waals surface area contributed by atoms with Gasteiger partial charge in [0.05, 0.1) is 0 Å². The van der Waals surface area contributed by atoms with Crippen LogP contribution in [0.4, 0.5) is 0 Å². The van der Waals surface area contributed by atoms with Crippen molar-refractivity contribution >= 4 is 11.9 Å². The van der Waals surface area contributed by atoms with Crippen LogP contribution in [0.15, 0.2) is 11.6 Å². The Morgan fingerprint density at radius 1 is 1.29 bits per heavy atom. The smallest absolute Gasteiger partial charge is 0.328 e. The number of carbonyl (C=O) groups excluding carboxylic acids is 1. The Labute approximate surface area is 103 Å². The third kappa shape index (κ3) is 8.48. The zero-order chi connectivity index (χ0) is 13.3. The molecule has 0 bridgehead atoms. The minimum Gasteiger partial charge on any atom is -0.478 e. The molecule has 0 rings (SSSR count). The number of unbranched alkanes of at least 4 members (excludes halogenated alkanes) is 3. The summed E-state index contributed by atoms with van der Waals surface area (Å²) >= 11 is 0. The van der Waals surface area contributed by atoms with Gasteiger partial charge in [0.25, 0.3) is 0 Å². The van der Waals surface area contributed by atoms with Gasteiger partial charge in [-0.3, -0.25) is 4.79 Å². The van der Waals surface area contributed by atoms with E-state index in [2.05, 4.69) is 12.2 Å². The molecule has 0 heterocycles. The lowest BCUT2D eigenvalue weighted by Gasteiger charge is -2.13. The van der Waals surface area contributed by atoms with E-state index >= 15 is 0 Å². The second-order valence-corrected chi connectivity index (χ2v) is 4.39. The van der Waals surface area contributed by atoms with Crippen molar-refractivity contribution in [2.75, 3.05) is 0 Å². The van der Waals surface area contributed by atoms with Gasteiger partial charge >= 0.3 is 5.97 Å². The fourth-order valence-corrected chi connectivity index (χ4v) is 1.54. The number of hydrogen-bond donors (Lipinski definition) is 2. The van der Waals surface area contributed by atoms with Crippen LogP contribution < -0.4 is 5.32 Å². The maximum Gasteiger partial charge on any atom is 0.328 e. The van der Waals surface area contributed by atoms with E-state index in [-0.39, 0.29) is 17.5 Å². The van der Waals surface area contributed by atoms with Crippen LogP contribution in [0.25, 0.3) is 0 Å². The summed E-state index contributed by atoms with van der Waals surface area (Å²) in [6, 6.07) is 0.0940. The first-order chi connectivity index (χ1) is 7.97. The molecule has 0 aliphatic rings. The van der Waals surface area contributed by atoms with Gasteiger partial charge in [-0.05, 0) is 20.3 Å². The molecule has 0 radical (unpaired) electrons. The third-order valence-corrected chi connectivity index (χ3v) is 2.57. The van der Waals surface area contributed by atoms with Gasteiger partial charge < -0.3 is 10.4 Å². The Kier molecular flexibility index (Phi) is 8.11. The van der Waals surface area contributed by atoms with Crippen LogP contribution in [-0.4, -0.2) is 23.0 Å². The molecular formula is C13H23NO3. The Morgan fingerprint density at radius 2 is 1.94 bits per heavy atom. The van der Waals surface area contributed by atoms with Crippen molar-refractivity contribution in [1.29, 1.82) is 0 Å². The zero-order valence-corrected chi connectivity index (χ0v) is 11.0. The number of amides is 1. The highest BCUT2D eigenvalue weighted by atomic mass is 16.4. The molecule has 0 aromatic rings. The summed E-state index contributed by atoms with van der Waals surface area (Å²) in [7, 11) is 0. The summed E-state index contributed by atoms with van der Waals surface area (Å²) in [6.45, 7) is 5.61. The van der Waals surface area contributed by atoms with Crippen LogP contribution in [-0.2, 0) is 9.59 Å². The van der Waals surface area contributed by atoms with Gasteiger partial charge in [-0.1, -0.05) is 32.6 Å². The average Bonchev–Trinajstić information content (AvgIpc) is 2.23. The molecule has 1 unspecified atom stereocenters. The molecule has 4 nitrogen and oxygen atoms in total. The van der Waals surface area contributed by atoms with E-state index in [0.29, 0.717) is 0 Å². The van der Waals surface area contributed by atoms with Crippen molar-refractivity contribution in [1.82, 2.24) is 5.32 Å². The Balaban J connectivity index is 3.91. The molecule has 0 saturated carbocycles. The summed E-state index contributed by atoms with van der Waals surface area (Å²) in [5.41, 5.74) is 0.234. The largest absolute Gasteiger partial charge is 0.478 e. The Morgan fingerprint density at radius 3 is 2.47 bits per heavy atom. The molecule has 2 N–H and O–H groups in total. The highest BCUT2D eigenvalue weighted by Gasteiger charge is 2.09. The molecule has 4 heteroatoms. The number of hydrogen-bond acceptors (Lipinski definition) is 2. The SMILES string of the molecule is CCCCCCC(C)NC(=O)/C(C)=C\C(=O)O. The molecule has 0 aliphatic carbocycles. The molecular weight excluding hydrogens is 218 g/mol. The fraction of sp³-hybridized carbons (Fsp3) is 0.692. The quantitative estimate of drug-likeness (QED) is 0.507. The topological polar surface area (TPSA) is 66.4 Å². The maximum atomic E-state index is 11.5. The molecule has 17 heavy (non-hydrogen) atoms.